The van der Waals surface area contributed by atoms with Crippen LogP contribution in [0.1, 0.15) is 16.7 Å². The van der Waals surface area contributed by atoms with Crippen LogP contribution in [-0.4, -0.2) is 10.8 Å². The third-order valence-corrected chi connectivity index (χ3v) is 3.82. The lowest BCUT2D eigenvalue weighted by atomic mass is 10.1. The summed E-state index contributed by atoms with van der Waals surface area (Å²) in [6, 6.07) is 8.08. The molecule has 1 heterocycles. The SMILES string of the molecule is Cc1ccc(Sc2cnccc2C(=N)N)cc1C. The number of hydrogen-bond donors (Lipinski definition) is 2. The minimum Gasteiger partial charge on any atom is -0.384 e. The molecule has 2 aromatic rings. The molecule has 0 unspecified atom stereocenters. The van der Waals surface area contributed by atoms with Crippen molar-refractivity contribution >= 4 is 17.6 Å². The Hall–Kier alpha value is -1.81. The molecule has 0 saturated carbocycles. The summed E-state index contributed by atoms with van der Waals surface area (Å²) >= 11 is 1.58. The molecule has 1 aromatic carbocycles. The molecule has 3 nitrogen and oxygen atoms in total. The van der Waals surface area contributed by atoms with Gasteiger partial charge in [-0.2, -0.15) is 0 Å². The van der Waals surface area contributed by atoms with Crippen LogP contribution in [-0.2, 0) is 0 Å². The number of hydrogen-bond acceptors (Lipinski definition) is 3. The third-order valence-electron chi connectivity index (χ3n) is 2.78. The van der Waals surface area contributed by atoms with Gasteiger partial charge in [0.1, 0.15) is 5.84 Å². The molecule has 0 aliphatic heterocycles. The van der Waals surface area contributed by atoms with Crippen LogP contribution in [0.3, 0.4) is 0 Å². The van der Waals surface area contributed by atoms with Gasteiger partial charge < -0.3 is 5.73 Å². The van der Waals surface area contributed by atoms with Gasteiger partial charge >= 0.3 is 0 Å². The Bertz CT molecular complexity index is 593. The fourth-order valence-corrected chi connectivity index (χ4v) is 2.62. The molecule has 0 aliphatic carbocycles. The highest BCUT2D eigenvalue weighted by Crippen LogP contribution is 2.30. The molecule has 0 atom stereocenters. The van der Waals surface area contributed by atoms with Gasteiger partial charge in [-0.15, -0.1) is 0 Å². The maximum absolute atomic E-state index is 7.56. The molecule has 0 fully saturated rings. The van der Waals surface area contributed by atoms with Crippen molar-refractivity contribution in [3.8, 4) is 0 Å². The lowest BCUT2D eigenvalue weighted by molar-refractivity contribution is 1.20. The zero-order valence-electron chi connectivity index (χ0n) is 10.4. The average Bonchev–Trinajstić information content (AvgIpc) is 2.34. The van der Waals surface area contributed by atoms with Gasteiger partial charge in [0, 0.05) is 27.7 Å². The molecule has 0 radical (unpaired) electrons. The molecule has 3 N–H and O–H groups in total. The molecule has 0 amide bonds. The van der Waals surface area contributed by atoms with Gasteiger partial charge in [-0.05, 0) is 43.2 Å². The van der Waals surface area contributed by atoms with Crippen LogP contribution in [0.25, 0.3) is 0 Å². The second-order valence-corrected chi connectivity index (χ2v) is 5.25. The summed E-state index contributed by atoms with van der Waals surface area (Å²) < 4.78 is 0. The number of pyridine rings is 1. The van der Waals surface area contributed by atoms with Crippen molar-refractivity contribution in [2.45, 2.75) is 23.6 Å². The summed E-state index contributed by atoms with van der Waals surface area (Å²) in [6.45, 7) is 4.18. The largest absolute Gasteiger partial charge is 0.384 e. The van der Waals surface area contributed by atoms with Crippen LogP contribution in [0, 0.1) is 19.3 Å². The number of nitrogen functional groups attached to an aromatic ring is 1. The van der Waals surface area contributed by atoms with Gasteiger partial charge in [0.05, 0.1) is 0 Å². The van der Waals surface area contributed by atoms with E-state index >= 15 is 0 Å². The summed E-state index contributed by atoms with van der Waals surface area (Å²) in [4.78, 5) is 6.13. The van der Waals surface area contributed by atoms with Crippen molar-refractivity contribution < 1.29 is 0 Å². The predicted molar refractivity (Wildman–Crippen MR) is 75.3 cm³/mol. The van der Waals surface area contributed by atoms with Gasteiger partial charge in [-0.1, -0.05) is 17.8 Å². The Labute approximate surface area is 111 Å². The Balaban J connectivity index is 2.34. The third kappa shape index (κ3) is 2.71. The highest BCUT2D eigenvalue weighted by molar-refractivity contribution is 7.99. The molecule has 0 saturated heterocycles. The van der Waals surface area contributed by atoms with Gasteiger partial charge in [0.25, 0.3) is 0 Å². The van der Waals surface area contributed by atoms with Crippen molar-refractivity contribution in [3.63, 3.8) is 0 Å². The second-order valence-electron chi connectivity index (χ2n) is 4.13. The molecule has 0 aliphatic rings. The van der Waals surface area contributed by atoms with E-state index in [9.17, 15) is 0 Å². The highest BCUT2D eigenvalue weighted by Gasteiger charge is 2.07. The van der Waals surface area contributed by atoms with Gasteiger partial charge in [-0.3, -0.25) is 10.4 Å². The van der Waals surface area contributed by atoms with Crippen molar-refractivity contribution in [1.29, 1.82) is 5.41 Å². The molecule has 4 heteroatoms. The number of aromatic nitrogens is 1. The second kappa shape index (κ2) is 5.23. The predicted octanol–water partition coefficient (Wildman–Crippen LogP) is 3.13. The van der Waals surface area contributed by atoms with Crippen molar-refractivity contribution in [2.75, 3.05) is 0 Å². The molecule has 0 spiro atoms. The quantitative estimate of drug-likeness (QED) is 0.656. The van der Waals surface area contributed by atoms with E-state index in [1.165, 1.54) is 11.1 Å². The van der Waals surface area contributed by atoms with E-state index in [1.807, 2.05) is 0 Å². The van der Waals surface area contributed by atoms with Gasteiger partial charge in [0.15, 0.2) is 0 Å². The summed E-state index contributed by atoms with van der Waals surface area (Å²) in [7, 11) is 0. The van der Waals surface area contributed by atoms with Crippen LogP contribution in [0.2, 0.25) is 0 Å². The fraction of sp³-hybridized carbons (Fsp3) is 0.143. The minimum absolute atomic E-state index is 0.0729. The van der Waals surface area contributed by atoms with Crippen molar-refractivity contribution in [1.82, 2.24) is 4.98 Å². The Kier molecular flexibility index (Phi) is 3.67. The van der Waals surface area contributed by atoms with Crippen LogP contribution in [0.15, 0.2) is 46.5 Å². The molecule has 0 bridgehead atoms. The highest BCUT2D eigenvalue weighted by atomic mass is 32.2. The number of nitrogens with one attached hydrogen (secondary N) is 1. The molecular weight excluding hydrogens is 242 g/mol. The first-order chi connectivity index (χ1) is 8.58. The van der Waals surface area contributed by atoms with Crippen LogP contribution in [0.4, 0.5) is 0 Å². The van der Waals surface area contributed by atoms with Crippen molar-refractivity contribution in [2.24, 2.45) is 5.73 Å². The van der Waals surface area contributed by atoms with Crippen LogP contribution >= 0.6 is 11.8 Å². The molecule has 92 valence electrons. The maximum atomic E-state index is 7.56. The van der Waals surface area contributed by atoms with E-state index in [-0.39, 0.29) is 5.84 Å². The average molecular weight is 257 g/mol. The smallest absolute Gasteiger partial charge is 0.124 e. The van der Waals surface area contributed by atoms with E-state index in [1.54, 1.807) is 30.2 Å². The van der Waals surface area contributed by atoms with Crippen molar-refractivity contribution in [3.05, 3.63) is 53.3 Å². The molecule has 18 heavy (non-hydrogen) atoms. The van der Waals surface area contributed by atoms with E-state index in [4.69, 9.17) is 11.1 Å². The first kappa shape index (κ1) is 12.6. The molecule has 1 aromatic heterocycles. The van der Waals surface area contributed by atoms with Crippen LogP contribution in [0.5, 0.6) is 0 Å². The lowest BCUT2D eigenvalue weighted by Crippen LogP contribution is -2.12. The topological polar surface area (TPSA) is 62.8 Å². The normalized spacial score (nSPS) is 10.3. The number of nitrogens with zero attached hydrogens (tertiary/aromatic N) is 1. The number of nitrogens with two attached hydrogens (primary N) is 1. The first-order valence-electron chi connectivity index (χ1n) is 5.61. The minimum atomic E-state index is 0.0729. The first-order valence-corrected chi connectivity index (χ1v) is 6.43. The summed E-state index contributed by atoms with van der Waals surface area (Å²) in [6.07, 6.45) is 3.40. The standard InChI is InChI=1S/C14H15N3S/c1-9-3-4-11(7-10(9)2)18-13-8-17-6-5-12(13)14(15)16/h3-8H,1-2H3,(H3,15,16). The van der Waals surface area contributed by atoms with Gasteiger partial charge in [0.2, 0.25) is 0 Å². The van der Waals surface area contributed by atoms with E-state index in [0.717, 1.165) is 15.4 Å². The molecular formula is C14H15N3S. The number of rotatable bonds is 3. The Morgan fingerprint density at radius 2 is 2.00 bits per heavy atom. The number of aryl methyl sites for hydroxylation is 2. The fourth-order valence-electron chi connectivity index (χ4n) is 1.59. The Morgan fingerprint density at radius 1 is 1.22 bits per heavy atom. The van der Waals surface area contributed by atoms with Gasteiger partial charge in [-0.25, -0.2) is 0 Å². The summed E-state index contributed by atoms with van der Waals surface area (Å²) in [5.74, 6) is 0.0729. The number of benzene rings is 1. The maximum Gasteiger partial charge on any atom is 0.124 e. The monoisotopic (exact) mass is 257 g/mol. The molecule has 2 rings (SSSR count). The zero-order chi connectivity index (χ0) is 13.1. The lowest BCUT2D eigenvalue weighted by Gasteiger charge is -2.08. The Morgan fingerprint density at radius 3 is 2.67 bits per heavy atom. The van der Waals surface area contributed by atoms with E-state index < -0.39 is 0 Å². The van der Waals surface area contributed by atoms with E-state index in [2.05, 4.69) is 37.0 Å². The summed E-state index contributed by atoms with van der Waals surface area (Å²) in [5.41, 5.74) is 8.83. The van der Waals surface area contributed by atoms with E-state index in [0.29, 0.717) is 0 Å². The number of amidine groups is 1. The van der Waals surface area contributed by atoms with Crippen LogP contribution < -0.4 is 5.73 Å². The summed E-state index contributed by atoms with van der Waals surface area (Å²) in [5, 5.41) is 7.56. The zero-order valence-corrected chi connectivity index (χ0v) is 11.2.